The highest BCUT2D eigenvalue weighted by Gasteiger charge is 2.18. The summed E-state index contributed by atoms with van der Waals surface area (Å²) >= 11 is 0. The van der Waals surface area contributed by atoms with Gasteiger partial charge >= 0.3 is 6.03 Å². The van der Waals surface area contributed by atoms with Gasteiger partial charge < -0.3 is 16.4 Å². The van der Waals surface area contributed by atoms with Crippen LogP contribution in [-0.4, -0.2) is 33.2 Å². The van der Waals surface area contributed by atoms with Crippen LogP contribution in [0.15, 0.2) is 24.3 Å². The summed E-state index contributed by atoms with van der Waals surface area (Å²) in [6.07, 6.45) is 0. The fraction of sp³-hybridized carbons (Fsp3) is 0.467. The molecule has 0 aliphatic heterocycles. The fourth-order valence-electron chi connectivity index (χ4n) is 1.63. The molecule has 4 N–H and O–H groups in total. The van der Waals surface area contributed by atoms with Gasteiger partial charge in [0.2, 0.25) is 0 Å². The number of hydrogen-bond acceptors (Lipinski definition) is 3. The van der Waals surface area contributed by atoms with Crippen LogP contribution >= 0.6 is 0 Å². The standard InChI is InChI=1S/C15H23N3O3S/c1-15(2,3)22(21)9-8-17-13(19)12-6-4-11(5-7-12)10-18-14(16)20/h4-7H,8-10H2,1-3H3,(H,17,19)(H3,16,18,20). The first-order chi connectivity index (χ1) is 10.2. The van der Waals surface area contributed by atoms with E-state index in [0.717, 1.165) is 5.56 Å². The van der Waals surface area contributed by atoms with E-state index >= 15 is 0 Å². The number of carbonyl (C=O) groups is 2. The van der Waals surface area contributed by atoms with Crippen molar-refractivity contribution in [3.63, 3.8) is 0 Å². The van der Waals surface area contributed by atoms with Gasteiger partial charge in [0.25, 0.3) is 5.91 Å². The largest absolute Gasteiger partial charge is 0.352 e. The lowest BCUT2D eigenvalue weighted by Crippen LogP contribution is -2.32. The molecule has 1 rings (SSSR count). The number of urea groups is 1. The Morgan fingerprint density at radius 3 is 2.23 bits per heavy atom. The van der Waals surface area contributed by atoms with Crippen molar-refractivity contribution in [3.05, 3.63) is 35.4 Å². The van der Waals surface area contributed by atoms with Crippen molar-refractivity contribution in [3.8, 4) is 0 Å². The summed E-state index contributed by atoms with van der Waals surface area (Å²) in [6.45, 7) is 6.41. The average molecular weight is 325 g/mol. The van der Waals surface area contributed by atoms with E-state index in [2.05, 4.69) is 10.6 Å². The van der Waals surface area contributed by atoms with E-state index in [-0.39, 0.29) is 10.7 Å². The van der Waals surface area contributed by atoms with Crippen LogP contribution in [0.2, 0.25) is 0 Å². The van der Waals surface area contributed by atoms with Crippen molar-refractivity contribution in [2.75, 3.05) is 12.3 Å². The fourth-order valence-corrected chi connectivity index (χ4v) is 2.53. The van der Waals surface area contributed by atoms with Crippen LogP contribution in [0.1, 0.15) is 36.7 Å². The molecule has 0 aliphatic rings. The Morgan fingerprint density at radius 2 is 1.73 bits per heavy atom. The lowest BCUT2D eigenvalue weighted by Gasteiger charge is -2.17. The summed E-state index contributed by atoms with van der Waals surface area (Å²) < 4.78 is 11.6. The Hall–Kier alpha value is -1.89. The van der Waals surface area contributed by atoms with Crippen LogP contribution in [0.4, 0.5) is 4.79 Å². The Morgan fingerprint density at radius 1 is 1.14 bits per heavy atom. The van der Waals surface area contributed by atoms with E-state index in [9.17, 15) is 13.8 Å². The molecular weight excluding hydrogens is 302 g/mol. The van der Waals surface area contributed by atoms with Gasteiger partial charge in [-0.1, -0.05) is 12.1 Å². The molecule has 1 aromatic carbocycles. The third-order valence-electron chi connectivity index (χ3n) is 2.94. The highest BCUT2D eigenvalue weighted by atomic mass is 32.2. The van der Waals surface area contributed by atoms with Gasteiger partial charge in [-0.15, -0.1) is 0 Å². The molecule has 7 heteroatoms. The molecule has 0 aromatic heterocycles. The number of carbonyl (C=O) groups excluding carboxylic acids is 2. The molecule has 3 amide bonds. The SMILES string of the molecule is CC(C)(C)S(=O)CCNC(=O)c1ccc(CNC(N)=O)cc1. The van der Waals surface area contributed by atoms with Gasteiger partial charge in [-0.3, -0.25) is 9.00 Å². The molecule has 0 saturated heterocycles. The second-order valence-corrected chi connectivity index (χ2v) is 8.16. The first-order valence-corrected chi connectivity index (χ1v) is 8.31. The summed E-state index contributed by atoms with van der Waals surface area (Å²) in [5.41, 5.74) is 6.36. The molecule has 6 nitrogen and oxygen atoms in total. The van der Waals surface area contributed by atoms with E-state index in [4.69, 9.17) is 5.73 Å². The van der Waals surface area contributed by atoms with E-state index in [1.165, 1.54) is 0 Å². The molecule has 0 radical (unpaired) electrons. The minimum atomic E-state index is -0.988. The predicted octanol–water partition coefficient (Wildman–Crippen LogP) is 1.13. The zero-order valence-corrected chi connectivity index (χ0v) is 14.0. The van der Waals surface area contributed by atoms with Crippen LogP contribution in [-0.2, 0) is 17.3 Å². The summed E-state index contributed by atoms with van der Waals surface area (Å²) in [5, 5.41) is 5.23. The summed E-state index contributed by atoms with van der Waals surface area (Å²) in [4.78, 5) is 22.6. The van der Waals surface area contributed by atoms with Gasteiger partial charge in [0.15, 0.2) is 0 Å². The van der Waals surface area contributed by atoms with Gasteiger partial charge in [-0.05, 0) is 38.5 Å². The number of primary amides is 1. The lowest BCUT2D eigenvalue weighted by atomic mass is 10.1. The molecule has 22 heavy (non-hydrogen) atoms. The minimum absolute atomic E-state index is 0.208. The van der Waals surface area contributed by atoms with Crippen molar-refractivity contribution >= 4 is 22.7 Å². The predicted molar refractivity (Wildman–Crippen MR) is 88.0 cm³/mol. The van der Waals surface area contributed by atoms with Crippen LogP contribution in [0.5, 0.6) is 0 Å². The maximum absolute atomic E-state index is 12.0. The maximum atomic E-state index is 12.0. The number of benzene rings is 1. The molecular formula is C15H23N3O3S. The molecule has 0 fully saturated rings. The minimum Gasteiger partial charge on any atom is -0.352 e. The van der Waals surface area contributed by atoms with Crippen LogP contribution in [0.3, 0.4) is 0 Å². The zero-order valence-electron chi connectivity index (χ0n) is 13.1. The van der Waals surface area contributed by atoms with Gasteiger partial charge in [-0.25, -0.2) is 4.79 Å². The number of rotatable bonds is 6. The van der Waals surface area contributed by atoms with Crippen molar-refractivity contribution < 1.29 is 13.8 Å². The van der Waals surface area contributed by atoms with Crippen LogP contribution < -0.4 is 16.4 Å². The molecule has 122 valence electrons. The average Bonchev–Trinajstić information content (AvgIpc) is 2.44. The molecule has 0 saturated carbocycles. The second kappa shape index (κ2) is 7.93. The monoisotopic (exact) mass is 325 g/mol. The molecule has 0 spiro atoms. The molecule has 0 aliphatic carbocycles. The Kier molecular flexibility index (Phi) is 6.55. The lowest BCUT2D eigenvalue weighted by molar-refractivity contribution is 0.0956. The summed E-state index contributed by atoms with van der Waals surface area (Å²) in [5.74, 6) is 0.218. The topological polar surface area (TPSA) is 101 Å². The quantitative estimate of drug-likeness (QED) is 0.731. The van der Waals surface area contributed by atoms with Gasteiger partial charge in [0.05, 0.1) is 0 Å². The van der Waals surface area contributed by atoms with Crippen molar-refractivity contribution in [1.82, 2.24) is 10.6 Å². The second-order valence-electron chi connectivity index (χ2n) is 5.83. The Labute approximate surface area is 133 Å². The van der Waals surface area contributed by atoms with E-state index in [1.54, 1.807) is 24.3 Å². The van der Waals surface area contributed by atoms with Crippen LogP contribution in [0.25, 0.3) is 0 Å². The van der Waals surface area contributed by atoms with Crippen molar-refractivity contribution in [2.45, 2.75) is 32.1 Å². The number of nitrogens with two attached hydrogens (primary N) is 1. The maximum Gasteiger partial charge on any atom is 0.312 e. The molecule has 0 bridgehead atoms. The number of amides is 3. The van der Waals surface area contributed by atoms with Gasteiger partial charge in [0, 0.05) is 40.0 Å². The summed E-state index contributed by atoms with van der Waals surface area (Å²) in [6, 6.07) is 6.26. The Balaban J connectivity index is 2.46. The first-order valence-electron chi connectivity index (χ1n) is 6.99. The van der Waals surface area contributed by atoms with E-state index in [1.807, 2.05) is 20.8 Å². The highest BCUT2D eigenvalue weighted by molar-refractivity contribution is 7.86. The van der Waals surface area contributed by atoms with Gasteiger partial charge in [-0.2, -0.15) is 0 Å². The van der Waals surface area contributed by atoms with Crippen molar-refractivity contribution in [1.29, 1.82) is 0 Å². The third kappa shape index (κ3) is 6.26. The van der Waals surface area contributed by atoms with Crippen molar-refractivity contribution in [2.24, 2.45) is 5.73 Å². The number of nitrogens with one attached hydrogen (secondary N) is 2. The molecule has 1 unspecified atom stereocenters. The van der Waals surface area contributed by atoms with Gasteiger partial charge in [0.1, 0.15) is 0 Å². The Bertz CT molecular complexity index is 550. The first kappa shape index (κ1) is 18.2. The summed E-state index contributed by atoms with van der Waals surface area (Å²) in [7, 11) is -0.988. The number of hydrogen-bond donors (Lipinski definition) is 3. The van der Waals surface area contributed by atoms with E-state index in [0.29, 0.717) is 24.4 Å². The van der Waals surface area contributed by atoms with E-state index < -0.39 is 16.8 Å². The molecule has 1 atom stereocenters. The highest BCUT2D eigenvalue weighted by Crippen LogP contribution is 2.10. The zero-order chi connectivity index (χ0) is 16.8. The van der Waals surface area contributed by atoms with Crippen LogP contribution in [0, 0.1) is 0 Å². The normalized spacial score (nSPS) is 12.5. The molecule has 0 heterocycles. The smallest absolute Gasteiger partial charge is 0.312 e. The third-order valence-corrected chi connectivity index (χ3v) is 4.88. The molecule has 1 aromatic rings.